The lowest BCUT2D eigenvalue weighted by molar-refractivity contribution is -0.115. The van der Waals surface area contributed by atoms with Crippen molar-refractivity contribution in [3.63, 3.8) is 0 Å². The number of aromatic nitrogens is 2. The van der Waals surface area contributed by atoms with Gasteiger partial charge >= 0.3 is 0 Å². The van der Waals surface area contributed by atoms with E-state index in [2.05, 4.69) is 15.3 Å². The maximum Gasteiger partial charge on any atom is 0.229 e. The summed E-state index contributed by atoms with van der Waals surface area (Å²) in [6.45, 7) is 0. The number of anilines is 1. The number of halogens is 4. The van der Waals surface area contributed by atoms with E-state index < -0.39 is 0 Å². The molecule has 0 atom stereocenters. The van der Waals surface area contributed by atoms with Crippen LogP contribution >= 0.6 is 46.4 Å². The fourth-order valence-corrected chi connectivity index (χ4v) is 2.05. The van der Waals surface area contributed by atoms with E-state index in [0.717, 1.165) is 0 Å². The Morgan fingerprint density at radius 2 is 1.85 bits per heavy atom. The van der Waals surface area contributed by atoms with Gasteiger partial charge in [0.2, 0.25) is 5.91 Å². The highest BCUT2D eigenvalue weighted by Gasteiger charge is 2.11. The highest BCUT2D eigenvalue weighted by Crippen LogP contribution is 2.26. The molecule has 0 aliphatic heterocycles. The monoisotopic (exact) mass is 349 g/mol. The van der Waals surface area contributed by atoms with Gasteiger partial charge in [-0.2, -0.15) is 0 Å². The summed E-state index contributed by atoms with van der Waals surface area (Å²) in [7, 11) is 0. The van der Waals surface area contributed by atoms with Crippen molar-refractivity contribution in [3.8, 4) is 0 Å². The Morgan fingerprint density at radius 1 is 1.10 bits per heavy atom. The van der Waals surface area contributed by atoms with Crippen LogP contribution in [0.15, 0.2) is 24.5 Å². The number of hydrogen-bond donors (Lipinski definition) is 1. The molecule has 4 nitrogen and oxygen atoms in total. The van der Waals surface area contributed by atoms with Gasteiger partial charge in [0.25, 0.3) is 0 Å². The van der Waals surface area contributed by atoms with Gasteiger partial charge in [-0.25, -0.2) is 9.97 Å². The van der Waals surface area contributed by atoms with Gasteiger partial charge in [-0.1, -0.05) is 52.5 Å². The lowest BCUT2D eigenvalue weighted by Gasteiger charge is -2.07. The number of carbonyl (C=O) groups excluding carboxylic acids is 1. The molecule has 1 N–H and O–H groups in total. The average Bonchev–Trinajstić information content (AvgIpc) is 2.39. The topological polar surface area (TPSA) is 54.9 Å². The molecule has 20 heavy (non-hydrogen) atoms. The van der Waals surface area contributed by atoms with Crippen molar-refractivity contribution in [1.82, 2.24) is 9.97 Å². The van der Waals surface area contributed by atoms with Gasteiger partial charge in [0.1, 0.15) is 11.3 Å². The van der Waals surface area contributed by atoms with E-state index in [1.165, 1.54) is 6.33 Å². The summed E-state index contributed by atoms with van der Waals surface area (Å²) in [4.78, 5) is 19.4. The lowest BCUT2D eigenvalue weighted by atomic mass is 10.1. The minimum Gasteiger partial charge on any atom is -0.309 e. The smallest absolute Gasteiger partial charge is 0.229 e. The third-order valence-electron chi connectivity index (χ3n) is 2.35. The van der Waals surface area contributed by atoms with E-state index >= 15 is 0 Å². The van der Waals surface area contributed by atoms with Crippen LogP contribution in [-0.4, -0.2) is 15.9 Å². The fourth-order valence-electron chi connectivity index (χ4n) is 1.45. The van der Waals surface area contributed by atoms with Gasteiger partial charge in [-0.15, -0.1) is 0 Å². The molecule has 2 aromatic rings. The fraction of sp³-hybridized carbons (Fsp3) is 0.0833. The van der Waals surface area contributed by atoms with E-state index in [0.29, 0.717) is 15.6 Å². The quantitative estimate of drug-likeness (QED) is 0.841. The van der Waals surface area contributed by atoms with Gasteiger partial charge in [0, 0.05) is 0 Å². The summed E-state index contributed by atoms with van der Waals surface area (Å²) >= 11 is 23.3. The summed E-state index contributed by atoms with van der Waals surface area (Å²) in [6, 6.07) is 4.96. The van der Waals surface area contributed by atoms with Gasteiger partial charge in [0.05, 0.1) is 16.5 Å². The van der Waals surface area contributed by atoms with Crippen LogP contribution in [0.1, 0.15) is 5.56 Å². The number of amides is 1. The van der Waals surface area contributed by atoms with Crippen molar-refractivity contribution in [2.75, 3.05) is 5.32 Å². The molecule has 1 heterocycles. The molecule has 0 aliphatic carbocycles. The summed E-state index contributed by atoms with van der Waals surface area (Å²) in [5.74, 6) is -0.142. The van der Waals surface area contributed by atoms with E-state index in [1.807, 2.05) is 0 Å². The molecule has 1 aromatic carbocycles. The van der Waals surface area contributed by atoms with Gasteiger partial charge < -0.3 is 5.32 Å². The Balaban J connectivity index is 2.09. The van der Waals surface area contributed by atoms with E-state index in [1.54, 1.807) is 18.2 Å². The number of rotatable bonds is 3. The molecule has 104 valence electrons. The van der Waals surface area contributed by atoms with E-state index in [-0.39, 0.29) is 28.3 Å². The second-order valence-electron chi connectivity index (χ2n) is 3.80. The number of nitrogens with zero attached hydrogens (tertiary/aromatic N) is 2. The van der Waals surface area contributed by atoms with Crippen molar-refractivity contribution in [2.45, 2.75) is 6.42 Å². The van der Waals surface area contributed by atoms with Crippen LogP contribution in [0.4, 0.5) is 5.82 Å². The van der Waals surface area contributed by atoms with Gasteiger partial charge in [0.15, 0.2) is 11.0 Å². The maximum absolute atomic E-state index is 11.9. The minimum atomic E-state index is -0.306. The van der Waals surface area contributed by atoms with Crippen LogP contribution in [-0.2, 0) is 11.2 Å². The van der Waals surface area contributed by atoms with Crippen LogP contribution in [0, 0.1) is 0 Å². The van der Waals surface area contributed by atoms with Crippen LogP contribution in [0.2, 0.25) is 20.2 Å². The van der Waals surface area contributed by atoms with Crippen molar-refractivity contribution in [3.05, 3.63) is 50.3 Å². The summed E-state index contributed by atoms with van der Waals surface area (Å²) in [5, 5.41) is 3.54. The molecule has 0 saturated carbocycles. The second kappa shape index (κ2) is 6.59. The number of carbonyl (C=O) groups is 1. The molecule has 8 heteroatoms. The summed E-state index contributed by atoms with van der Waals surface area (Å²) < 4.78 is 0. The first-order valence-electron chi connectivity index (χ1n) is 5.37. The number of nitrogens with one attached hydrogen (secondary N) is 1. The van der Waals surface area contributed by atoms with Crippen molar-refractivity contribution in [2.24, 2.45) is 0 Å². The van der Waals surface area contributed by atoms with Crippen LogP contribution in [0.5, 0.6) is 0 Å². The predicted molar refractivity (Wildman–Crippen MR) is 80.8 cm³/mol. The summed E-state index contributed by atoms with van der Waals surface area (Å²) in [5.41, 5.74) is 0.716. The van der Waals surface area contributed by atoms with E-state index in [4.69, 9.17) is 46.4 Å². The normalized spacial score (nSPS) is 10.4. The first kappa shape index (κ1) is 15.3. The molecule has 0 radical (unpaired) electrons. The van der Waals surface area contributed by atoms with Gasteiger partial charge in [-0.3, -0.25) is 4.79 Å². The van der Waals surface area contributed by atoms with Crippen LogP contribution < -0.4 is 5.32 Å². The first-order chi connectivity index (χ1) is 9.47. The Morgan fingerprint density at radius 3 is 2.55 bits per heavy atom. The average molecular weight is 351 g/mol. The second-order valence-corrected chi connectivity index (χ2v) is 5.35. The Bertz CT molecular complexity index is 663. The summed E-state index contributed by atoms with van der Waals surface area (Å²) in [6.07, 6.45) is 1.32. The van der Waals surface area contributed by atoms with Crippen molar-refractivity contribution < 1.29 is 4.79 Å². The minimum absolute atomic E-state index is 0.0755. The zero-order valence-electron chi connectivity index (χ0n) is 9.83. The van der Waals surface area contributed by atoms with Crippen LogP contribution in [0.3, 0.4) is 0 Å². The molecular weight excluding hydrogens is 344 g/mol. The lowest BCUT2D eigenvalue weighted by Crippen LogP contribution is -2.15. The van der Waals surface area contributed by atoms with Crippen LogP contribution in [0.25, 0.3) is 0 Å². The SMILES string of the molecule is O=C(Cc1ccc(Cl)c(Cl)c1)Nc1ncnc(Cl)c1Cl. The molecule has 0 spiro atoms. The van der Waals surface area contributed by atoms with Crippen molar-refractivity contribution >= 4 is 58.1 Å². The maximum atomic E-state index is 11.9. The highest BCUT2D eigenvalue weighted by molar-refractivity contribution is 6.43. The largest absolute Gasteiger partial charge is 0.309 e. The number of benzene rings is 1. The molecule has 1 amide bonds. The Kier molecular flexibility index (Phi) is 5.05. The number of hydrogen-bond acceptors (Lipinski definition) is 3. The molecule has 0 fully saturated rings. The zero-order chi connectivity index (χ0) is 14.7. The molecule has 1 aromatic heterocycles. The highest BCUT2D eigenvalue weighted by atomic mass is 35.5. The molecular formula is C12H7Cl4N3O. The molecule has 0 unspecified atom stereocenters. The molecule has 0 saturated heterocycles. The molecule has 0 aliphatic rings. The predicted octanol–water partition coefficient (Wildman–Crippen LogP) is 4.27. The first-order valence-corrected chi connectivity index (χ1v) is 6.88. The zero-order valence-corrected chi connectivity index (χ0v) is 12.9. The third-order valence-corrected chi connectivity index (χ3v) is 3.83. The van der Waals surface area contributed by atoms with Crippen molar-refractivity contribution in [1.29, 1.82) is 0 Å². The molecule has 0 bridgehead atoms. The Labute approximate surface area is 135 Å². The molecule has 2 rings (SSSR count). The third kappa shape index (κ3) is 3.73. The van der Waals surface area contributed by atoms with Gasteiger partial charge in [-0.05, 0) is 17.7 Å². The standard InChI is InChI=1S/C12H7Cl4N3O/c13-7-2-1-6(3-8(7)14)4-9(20)19-12-10(15)11(16)17-5-18-12/h1-3,5H,4H2,(H,17,18,19,20). The Hall–Kier alpha value is -1.07. The van der Waals surface area contributed by atoms with E-state index in [9.17, 15) is 4.79 Å².